The van der Waals surface area contributed by atoms with Crippen molar-refractivity contribution in [1.29, 1.82) is 0 Å². The van der Waals surface area contributed by atoms with Crippen LogP contribution in [0.15, 0.2) is 352 Å². The number of rotatable bonds is 9. The smallest absolute Gasteiger partial charge is 0.252 e. The Hall–Kier alpha value is -13.4. The lowest BCUT2D eigenvalue weighted by atomic mass is 9.33. The van der Waals surface area contributed by atoms with Crippen molar-refractivity contribution in [3.63, 3.8) is 0 Å². The standard InChI is InChI=1S/C104H76BN5/c1-103(2,3)71-59-82(65-30-11-7-12-31-65)101(83(60-71)66-32-13-8-14-33-66)109-95-63-73(106-89-45-24-19-38-75(89)76-39-20-25-46-90(76)106)51-53-87(95)105-88-54-52-74(107-91-47-26-21-40-77(91)78-41-22-27-48-92(78)107)64-96(88)110(102-84(67-34-15-9-16-35-67)61-72(104(4,5)6)62-85(102)68-36-17-10-18-37-68)98-58-70(57-97(109)99(98)105)69-50-55-94-86(56-69)81-44-29-43-80-79-42-23-28-49-93(79)108(94)100(80)81/h7-64H,1-6H3. The van der Waals surface area contributed by atoms with E-state index in [0.717, 1.165) is 123 Å². The van der Waals surface area contributed by atoms with Gasteiger partial charge in [0.05, 0.1) is 50.0 Å². The summed E-state index contributed by atoms with van der Waals surface area (Å²) in [5.41, 5.74) is 34.4. The van der Waals surface area contributed by atoms with Crippen molar-refractivity contribution >= 4 is 139 Å². The topological polar surface area (TPSA) is 20.8 Å². The van der Waals surface area contributed by atoms with E-state index in [4.69, 9.17) is 0 Å². The molecule has 0 N–H and O–H groups in total. The van der Waals surface area contributed by atoms with E-state index in [9.17, 15) is 0 Å². The molecule has 520 valence electrons. The normalized spacial score (nSPS) is 12.9. The number of aromatic nitrogens is 3. The van der Waals surface area contributed by atoms with E-state index in [1.165, 1.54) is 87.2 Å². The van der Waals surface area contributed by atoms with Crippen LogP contribution >= 0.6 is 0 Å². The van der Waals surface area contributed by atoms with Crippen LogP contribution in [0.5, 0.6) is 0 Å². The van der Waals surface area contributed by atoms with Crippen molar-refractivity contribution < 1.29 is 0 Å². The van der Waals surface area contributed by atoms with Gasteiger partial charge in [0.15, 0.2) is 0 Å². The van der Waals surface area contributed by atoms with Gasteiger partial charge in [0.25, 0.3) is 6.71 Å². The fourth-order valence-electron chi connectivity index (χ4n) is 18.9. The highest BCUT2D eigenvalue weighted by molar-refractivity contribution is 7.00. The lowest BCUT2D eigenvalue weighted by molar-refractivity contribution is 0.590. The molecule has 0 atom stereocenters. The molecule has 22 rings (SSSR count). The van der Waals surface area contributed by atoms with Crippen LogP contribution in [0.4, 0.5) is 34.1 Å². The number of anilines is 6. The first-order chi connectivity index (χ1) is 53.9. The summed E-state index contributed by atoms with van der Waals surface area (Å²) in [4.78, 5) is 5.48. The van der Waals surface area contributed by atoms with E-state index in [0.29, 0.717) is 0 Å². The van der Waals surface area contributed by atoms with Gasteiger partial charge in [-0.3, -0.25) is 0 Å². The predicted molar refractivity (Wildman–Crippen MR) is 468 cm³/mol. The molecule has 6 heterocycles. The van der Waals surface area contributed by atoms with E-state index in [1.807, 2.05) is 0 Å². The molecule has 110 heavy (non-hydrogen) atoms. The largest absolute Gasteiger partial charge is 0.310 e. The van der Waals surface area contributed by atoms with Gasteiger partial charge < -0.3 is 23.3 Å². The minimum atomic E-state index is -0.286. The Morgan fingerprint density at radius 2 is 0.564 bits per heavy atom. The summed E-state index contributed by atoms with van der Waals surface area (Å²) in [7, 11) is 0. The SMILES string of the molecule is CC(C)(C)c1cc(-c2ccccc2)c(N2c3cc(-n4c5ccccc5c5ccccc54)ccc3B3c4ccc(-n5c6ccccc6c6ccccc65)cc4N(c4c(-c5ccccc5)cc(C(C)(C)C)cc4-c4ccccc4)c4cc(-c5ccc6c(c5)c5cccc7c8ccccc8n6c75)cc2c43)c(-c2ccccc2)c1. The van der Waals surface area contributed by atoms with E-state index in [1.54, 1.807) is 0 Å². The number of fused-ring (bicyclic) bond motifs is 16. The summed E-state index contributed by atoms with van der Waals surface area (Å²) < 4.78 is 7.53. The third kappa shape index (κ3) is 9.55. The molecule has 0 unspecified atom stereocenters. The minimum Gasteiger partial charge on any atom is -0.310 e. The average molecular weight is 1410 g/mol. The van der Waals surface area contributed by atoms with Gasteiger partial charge in [0.1, 0.15) is 0 Å². The Bertz CT molecular complexity index is 6610. The van der Waals surface area contributed by atoms with Crippen LogP contribution < -0.4 is 26.2 Å². The van der Waals surface area contributed by atoms with Crippen molar-refractivity contribution in [2.45, 2.75) is 52.4 Å². The van der Waals surface area contributed by atoms with Crippen LogP contribution in [0.3, 0.4) is 0 Å². The summed E-state index contributed by atoms with van der Waals surface area (Å²) in [5.74, 6) is 0. The van der Waals surface area contributed by atoms with Gasteiger partial charge in [0, 0.05) is 99.5 Å². The molecule has 0 saturated carbocycles. The molecule has 2 aliphatic heterocycles. The summed E-state index contributed by atoms with van der Waals surface area (Å²) in [6.07, 6.45) is 0. The highest BCUT2D eigenvalue weighted by atomic mass is 15.2. The van der Waals surface area contributed by atoms with Gasteiger partial charge >= 0.3 is 0 Å². The third-order valence-corrected chi connectivity index (χ3v) is 24.0. The number of nitrogens with zero attached hydrogens (tertiary/aromatic N) is 5. The summed E-state index contributed by atoms with van der Waals surface area (Å²) >= 11 is 0. The zero-order valence-electron chi connectivity index (χ0n) is 62.3. The molecule has 0 amide bonds. The number of hydrogen-bond acceptors (Lipinski definition) is 2. The molecule has 0 saturated heterocycles. The number of hydrogen-bond donors (Lipinski definition) is 0. The maximum atomic E-state index is 2.74. The van der Waals surface area contributed by atoms with Gasteiger partial charge in [-0.25, -0.2) is 0 Å². The minimum absolute atomic E-state index is 0.220. The van der Waals surface area contributed by atoms with Crippen LogP contribution in [0, 0.1) is 0 Å². The lowest BCUT2D eigenvalue weighted by Gasteiger charge is -2.46. The molecule has 4 aromatic heterocycles. The molecule has 16 aromatic carbocycles. The summed E-state index contributed by atoms with van der Waals surface area (Å²) in [6.45, 7) is 13.9. The van der Waals surface area contributed by atoms with Crippen LogP contribution in [0.1, 0.15) is 52.7 Å². The molecule has 0 aliphatic carbocycles. The van der Waals surface area contributed by atoms with E-state index in [2.05, 4.69) is 417 Å². The zero-order chi connectivity index (χ0) is 73.4. The van der Waals surface area contributed by atoms with Crippen LogP contribution in [-0.4, -0.2) is 20.2 Å². The Morgan fingerprint density at radius 1 is 0.236 bits per heavy atom. The maximum Gasteiger partial charge on any atom is 0.252 e. The van der Waals surface area contributed by atoms with Crippen molar-refractivity contribution in [2.24, 2.45) is 0 Å². The molecule has 20 aromatic rings. The van der Waals surface area contributed by atoms with E-state index >= 15 is 0 Å². The molecule has 0 radical (unpaired) electrons. The summed E-state index contributed by atoms with van der Waals surface area (Å²) in [6, 6.07) is 134. The van der Waals surface area contributed by atoms with Gasteiger partial charge in [0.2, 0.25) is 0 Å². The Morgan fingerprint density at radius 3 is 0.945 bits per heavy atom. The van der Waals surface area contributed by atoms with E-state index in [-0.39, 0.29) is 17.5 Å². The zero-order valence-corrected chi connectivity index (χ0v) is 62.3. The first-order valence-corrected chi connectivity index (χ1v) is 38.7. The average Bonchev–Trinajstić information content (AvgIpc) is 1.03. The van der Waals surface area contributed by atoms with Gasteiger partial charge in [-0.1, -0.05) is 290 Å². The van der Waals surface area contributed by atoms with Crippen LogP contribution in [0.25, 0.3) is 149 Å². The molecule has 0 fully saturated rings. The molecule has 5 nitrogen and oxygen atoms in total. The van der Waals surface area contributed by atoms with Gasteiger partial charge in [-0.05, 0) is 175 Å². The summed E-state index contributed by atoms with van der Waals surface area (Å²) in [5, 5.41) is 9.89. The first-order valence-electron chi connectivity index (χ1n) is 38.7. The lowest BCUT2D eigenvalue weighted by Crippen LogP contribution is -2.61. The second-order valence-electron chi connectivity index (χ2n) is 32.3. The predicted octanol–water partition coefficient (Wildman–Crippen LogP) is 26.0. The van der Waals surface area contributed by atoms with E-state index < -0.39 is 0 Å². The third-order valence-electron chi connectivity index (χ3n) is 24.0. The second kappa shape index (κ2) is 24.0. The van der Waals surface area contributed by atoms with Crippen molar-refractivity contribution in [3.8, 4) is 67.0 Å². The van der Waals surface area contributed by atoms with Crippen molar-refractivity contribution in [3.05, 3.63) is 363 Å². The van der Waals surface area contributed by atoms with Gasteiger partial charge in [-0.15, -0.1) is 0 Å². The molecule has 0 bridgehead atoms. The fourth-order valence-corrected chi connectivity index (χ4v) is 18.9. The van der Waals surface area contributed by atoms with Crippen molar-refractivity contribution in [2.75, 3.05) is 9.80 Å². The molecule has 2 aliphatic rings. The fraction of sp³-hybridized carbons (Fsp3) is 0.0769. The van der Waals surface area contributed by atoms with Crippen LogP contribution in [0.2, 0.25) is 0 Å². The molecule has 0 spiro atoms. The first kappa shape index (κ1) is 63.8. The number of benzene rings is 16. The second-order valence-corrected chi connectivity index (χ2v) is 32.3. The maximum absolute atomic E-state index is 2.74. The molecular weight excluding hydrogens is 1330 g/mol. The Balaban J connectivity index is 0.943. The molecular formula is C104H76BN5. The molecule has 6 heteroatoms. The Labute approximate surface area is 640 Å². The highest BCUT2D eigenvalue weighted by Crippen LogP contribution is 2.56. The highest BCUT2D eigenvalue weighted by Gasteiger charge is 2.46. The Kier molecular flexibility index (Phi) is 14.0. The monoisotopic (exact) mass is 1410 g/mol. The quantitative estimate of drug-likeness (QED) is 0.134. The van der Waals surface area contributed by atoms with Gasteiger partial charge in [-0.2, -0.15) is 0 Å². The van der Waals surface area contributed by atoms with Crippen LogP contribution in [-0.2, 0) is 10.8 Å². The number of para-hydroxylation sites is 6. The van der Waals surface area contributed by atoms with Crippen molar-refractivity contribution in [1.82, 2.24) is 13.5 Å².